The Bertz CT molecular complexity index is 1730. The largest absolute Gasteiger partial charge is 0.495 e. The lowest BCUT2D eigenvalue weighted by atomic mass is 9.83. The van der Waals surface area contributed by atoms with Crippen LogP contribution in [0.1, 0.15) is 38.7 Å². The van der Waals surface area contributed by atoms with Gasteiger partial charge in [-0.25, -0.2) is 8.78 Å². The molecular formula is C32H28F2N4O4. The van der Waals surface area contributed by atoms with Crippen molar-refractivity contribution in [2.24, 2.45) is 5.92 Å². The molecule has 6 rings (SSSR count). The number of benzene rings is 3. The summed E-state index contributed by atoms with van der Waals surface area (Å²) >= 11 is 0. The van der Waals surface area contributed by atoms with Crippen LogP contribution >= 0.6 is 0 Å². The average molecular weight is 571 g/mol. The zero-order valence-electron chi connectivity index (χ0n) is 22.8. The van der Waals surface area contributed by atoms with Crippen molar-refractivity contribution >= 4 is 28.9 Å². The highest BCUT2D eigenvalue weighted by Crippen LogP contribution is 2.39. The van der Waals surface area contributed by atoms with Crippen LogP contribution in [-0.4, -0.2) is 36.6 Å². The third-order valence-corrected chi connectivity index (χ3v) is 7.87. The summed E-state index contributed by atoms with van der Waals surface area (Å²) in [4.78, 5) is 41.0. The van der Waals surface area contributed by atoms with Crippen molar-refractivity contribution in [1.82, 2.24) is 4.57 Å². The van der Waals surface area contributed by atoms with Crippen LogP contribution in [0.15, 0.2) is 83.7 Å². The molecule has 10 heteroatoms. The van der Waals surface area contributed by atoms with Crippen LogP contribution < -0.4 is 25.8 Å². The van der Waals surface area contributed by atoms with Gasteiger partial charge in [0.15, 0.2) is 0 Å². The number of carbonyl (C=O) groups is 2. The van der Waals surface area contributed by atoms with Crippen LogP contribution in [0, 0.1) is 17.6 Å². The molecule has 2 amide bonds. The highest BCUT2D eigenvalue weighted by molar-refractivity contribution is 6.09. The average Bonchev–Trinajstić information content (AvgIpc) is 2.98. The van der Waals surface area contributed by atoms with Gasteiger partial charge in [0.25, 0.3) is 17.4 Å². The third-order valence-electron chi connectivity index (χ3n) is 7.87. The highest BCUT2D eigenvalue weighted by atomic mass is 19.1. The second kappa shape index (κ2) is 11.1. The van der Waals surface area contributed by atoms with Gasteiger partial charge >= 0.3 is 0 Å². The van der Waals surface area contributed by atoms with E-state index in [4.69, 9.17) is 4.74 Å². The van der Waals surface area contributed by atoms with Crippen molar-refractivity contribution in [2.45, 2.75) is 18.9 Å². The van der Waals surface area contributed by atoms with E-state index in [2.05, 4.69) is 15.5 Å². The molecule has 3 heterocycles. The number of piperidine rings is 1. The Morgan fingerprint density at radius 1 is 0.833 bits per heavy atom. The Kier molecular flexibility index (Phi) is 7.20. The van der Waals surface area contributed by atoms with Crippen LogP contribution in [0.2, 0.25) is 0 Å². The standard InChI is InChI=1S/C32H28F2N4O4/c1-42-28-10-3-2-8-24(28)35-31(40)20-12-13-27(25(15-20)36-32(41)30-22(33)6-4-7-23(30)34)37-16-19-14-21(18-37)26-9-5-11-29(39)38(26)17-19/h2-13,15,19,21H,14,16-18H2,1H3,(H,35,40)(H,36,41)/t19-,21+/m1/s1. The third kappa shape index (κ3) is 5.11. The minimum Gasteiger partial charge on any atom is -0.495 e. The fourth-order valence-corrected chi connectivity index (χ4v) is 5.99. The molecule has 214 valence electrons. The summed E-state index contributed by atoms with van der Waals surface area (Å²) in [5.41, 5.74) is 1.75. The Hall–Kier alpha value is -4.99. The number of aromatic nitrogens is 1. The number of ether oxygens (including phenoxy) is 1. The zero-order chi connectivity index (χ0) is 29.4. The first-order valence-electron chi connectivity index (χ1n) is 13.6. The molecule has 3 aromatic carbocycles. The Morgan fingerprint density at radius 3 is 2.36 bits per heavy atom. The van der Waals surface area contributed by atoms with Crippen molar-refractivity contribution in [1.29, 1.82) is 0 Å². The zero-order valence-corrected chi connectivity index (χ0v) is 22.8. The predicted octanol–water partition coefficient (Wildman–Crippen LogP) is 5.26. The number of fused-ring (bicyclic) bond motifs is 4. The van der Waals surface area contributed by atoms with Gasteiger partial charge in [-0.3, -0.25) is 14.4 Å². The van der Waals surface area contributed by atoms with E-state index in [9.17, 15) is 23.2 Å². The highest BCUT2D eigenvalue weighted by Gasteiger charge is 2.35. The molecule has 2 aliphatic heterocycles. The lowest BCUT2D eigenvalue weighted by Gasteiger charge is -2.44. The first kappa shape index (κ1) is 27.2. The molecule has 42 heavy (non-hydrogen) atoms. The number of carbonyl (C=O) groups excluding carboxylic acids is 2. The summed E-state index contributed by atoms with van der Waals surface area (Å²) in [5, 5.41) is 5.47. The quantitative estimate of drug-likeness (QED) is 0.330. The van der Waals surface area contributed by atoms with E-state index in [0.29, 0.717) is 36.8 Å². The molecule has 0 aliphatic carbocycles. The normalized spacial score (nSPS) is 17.3. The van der Waals surface area contributed by atoms with Gasteiger partial charge in [-0.2, -0.15) is 0 Å². The summed E-state index contributed by atoms with van der Waals surface area (Å²) in [6.45, 7) is 1.73. The Balaban J connectivity index is 1.36. The number of rotatable bonds is 6. The molecule has 2 bridgehead atoms. The van der Waals surface area contributed by atoms with E-state index in [1.807, 2.05) is 10.6 Å². The maximum absolute atomic E-state index is 14.5. The van der Waals surface area contributed by atoms with Crippen LogP contribution in [0.3, 0.4) is 0 Å². The number of nitrogens with zero attached hydrogens (tertiary/aromatic N) is 2. The molecule has 4 aromatic rings. The fourth-order valence-electron chi connectivity index (χ4n) is 5.99. The van der Waals surface area contributed by atoms with Crippen LogP contribution in [0.4, 0.5) is 25.8 Å². The first-order valence-corrected chi connectivity index (χ1v) is 13.6. The molecule has 1 aromatic heterocycles. The van der Waals surface area contributed by atoms with E-state index in [-0.39, 0.29) is 28.6 Å². The molecule has 1 fully saturated rings. The van der Waals surface area contributed by atoms with Crippen molar-refractivity contribution in [3.8, 4) is 5.75 Å². The van der Waals surface area contributed by atoms with Crippen LogP contribution in [-0.2, 0) is 6.54 Å². The number of hydrogen-bond acceptors (Lipinski definition) is 5. The van der Waals surface area contributed by atoms with Gasteiger partial charge in [0.1, 0.15) is 22.9 Å². The molecule has 2 aliphatic rings. The summed E-state index contributed by atoms with van der Waals surface area (Å²) < 4.78 is 36.1. The molecular weight excluding hydrogens is 542 g/mol. The van der Waals surface area contributed by atoms with Gasteiger partial charge in [-0.05, 0) is 60.9 Å². The van der Waals surface area contributed by atoms with Gasteiger partial charge in [0.2, 0.25) is 0 Å². The lowest BCUT2D eigenvalue weighted by Crippen LogP contribution is -2.47. The molecule has 2 atom stereocenters. The first-order chi connectivity index (χ1) is 20.3. The maximum Gasteiger partial charge on any atom is 0.261 e. The lowest BCUT2D eigenvalue weighted by molar-refractivity contribution is 0.101. The number of anilines is 3. The number of nitrogens with one attached hydrogen (secondary N) is 2. The number of hydrogen-bond donors (Lipinski definition) is 2. The van der Waals surface area contributed by atoms with E-state index in [1.165, 1.54) is 19.2 Å². The Morgan fingerprint density at radius 2 is 1.57 bits per heavy atom. The minimum absolute atomic E-state index is 0.0269. The number of para-hydroxylation sites is 2. The number of halogens is 2. The number of pyridine rings is 1. The van der Waals surface area contributed by atoms with Gasteiger partial charge < -0.3 is 24.8 Å². The van der Waals surface area contributed by atoms with Crippen molar-refractivity contribution < 1.29 is 23.1 Å². The minimum atomic E-state index is -0.992. The molecule has 8 nitrogen and oxygen atoms in total. The second-order valence-electron chi connectivity index (χ2n) is 10.5. The second-order valence-corrected chi connectivity index (χ2v) is 10.5. The van der Waals surface area contributed by atoms with Gasteiger partial charge in [-0.15, -0.1) is 0 Å². The van der Waals surface area contributed by atoms with Gasteiger partial charge in [0, 0.05) is 42.9 Å². The van der Waals surface area contributed by atoms with E-state index >= 15 is 0 Å². The van der Waals surface area contributed by atoms with E-state index in [1.54, 1.807) is 48.5 Å². The Labute approximate surface area is 240 Å². The molecule has 0 spiro atoms. The summed E-state index contributed by atoms with van der Waals surface area (Å²) in [5.74, 6) is -2.68. The molecule has 1 saturated heterocycles. The van der Waals surface area contributed by atoms with E-state index in [0.717, 1.165) is 24.2 Å². The van der Waals surface area contributed by atoms with Crippen molar-refractivity contribution in [2.75, 3.05) is 35.7 Å². The summed E-state index contributed by atoms with van der Waals surface area (Å²) in [7, 11) is 1.50. The molecule has 0 unspecified atom stereocenters. The maximum atomic E-state index is 14.5. The van der Waals surface area contributed by atoms with Crippen molar-refractivity contribution in [3.63, 3.8) is 0 Å². The van der Waals surface area contributed by atoms with Gasteiger partial charge in [-0.1, -0.05) is 24.3 Å². The van der Waals surface area contributed by atoms with E-state index < -0.39 is 29.0 Å². The summed E-state index contributed by atoms with van der Waals surface area (Å²) in [6, 6.07) is 20.3. The predicted molar refractivity (Wildman–Crippen MR) is 155 cm³/mol. The molecule has 0 radical (unpaired) electrons. The topological polar surface area (TPSA) is 92.7 Å². The monoisotopic (exact) mass is 570 g/mol. The SMILES string of the molecule is COc1ccccc1NC(=O)c1ccc(N2C[C@H]3C[C@@H](C2)c2cccc(=O)n2C3)c(NC(=O)c2c(F)cccc2F)c1. The smallest absolute Gasteiger partial charge is 0.261 e. The van der Waals surface area contributed by atoms with Gasteiger partial charge in [0.05, 0.1) is 24.2 Å². The van der Waals surface area contributed by atoms with Crippen molar-refractivity contribution in [3.05, 3.63) is 118 Å². The molecule has 0 saturated carbocycles. The number of amides is 2. The van der Waals surface area contributed by atoms with Crippen LogP contribution in [0.25, 0.3) is 0 Å². The molecule has 2 N–H and O–H groups in total. The fraction of sp³-hybridized carbons (Fsp3) is 0.219. The van der Waals surface area contributed by atoms with Crippen LogP contribution in [0.5, 0.6) is 5.75 Å². The summed E-state index contributed by atoms with van der Waals surface area (Å²) in [6.07, 6.45) is 0.918. The number of methoxy groups -OCH3 is 1.